The summed E-state index contributed by atoms with van der Waals surface area (Å²) in [5, 5.41) is 12.6. The van der Waals surface area contributed by atoms with E-state index in [1.165, 1.54) is 10.5 Å². The summed E-state index contributed by atoms with van der Waals surface area (Å²) in [6.07, 6.45) is 5.10. The van der Waals surface area contributed by atoms with Crippen LogP contribution in [0, 0.1) is 17.6 Å². The molecule has 1 aromatic carbocycles. The lowest BCUT2D eigenvalue weighted by Gasteiger charge is -2.43. The SMILES string of the molecule is O=C(O)C[C@@H](c1cc(F)cc(F)c1)N1CC(CCCCc2ccc3c(n2)NCCC3)C1=O.S. The number of rotatable bonds is 9. The Morgan fingerprint density at radius 3 is 2.67 bits per heavy atom. The van der Waals surface area contributed by atoms with E-state index in [-0.39, 0.29) is 37.3 Å². The minimum absolute atomic E-state index is 0. The van der Waals surface area contributed by atoms with Crippen LogP contribution in [0.2, 0.25) is 0 Å². The second kappa shape index (κ2) is 11.0. The van der Waals surface area contributed by atoms with E-state index in [2.05, 4.69) is 22.4 Å². The zero-order valence-electron chi connectivity index (χ0n) is 18.3. The number of aromatic nitrogens is 1. The number of carbonyl (C=O) groups excluding carboxylic acids is 1. The average Bonchev–Trinajstić information content (AvgIpc) is 2.75. The van der Waals surface area contributed by atoms with Crippen LogP contribution in [0.1, 0.15) is 55.0 Å². The van der Waals surface area contributed by atoms with Crippen molar-refractivity contribution in [3.8, 4) is 0 Å². The maximum Gasteiger partial charge on any atom is 0.305 e. The maximum atomic E-state index is 13.6. The number of carboxylic acids is 1. The van der Waals surface area contributed by atoms with E-state index in [9.17, 15) is 23.5 Å². The molecule has 1 aromatic heterocycles. The van der Waals surface area contributed by atoms with Gasteiger partial charge < -0.3 is 15.3 Å². The maximum absolute atomic E-state index is 13.6. The summed E-state index contributed by atoms with van der Waals surface area (Å²) in [6, 6.07) is 6.25. The van der Waals surface area contributed by atoms with E-state index in [0.29, 0.717) is 13.0 Å². The molecule has 3 heterocycles. The number of aryl methyl sites for hydroxylation is 2. The van der Waals surface area contributed by atoms with Crippen LogP contribution in [0.25, 0.3) is 0 Å². The molecule has 1 amide bonds. The number of hydrogen-bond acceptors (Lipinski definition) is 4. The van der Waals surface area contributed by atoms with Crippen LogP contribution in [0.3, 0.4) is 0 Å². The predicted octanol–water partition coefficient (Wildman–Crippen LogP) is 4.22. The van der Waals surface area contributed by atoms with Crippen molar-refractivity contribution < 1.29 is 23.5 Å². The molecule has 178 valence electrons. The van der Waals surface area contributed by atoms with Crippen molar-refractivity contribution in [2.24, 2.45) is 5.92 Å². The fourth-order valence-electron chi connectivity index (χ4n) is 4.57. The Bertz CT molecular complexity index is 1000. The molecule has 0 aliphatic carbocycles. The summed E-state index contributed by atoms with van der Waals surface area (Å²) in [4.78, 5) is 30.1. The van der Waals surface area contributed by atoms with Gasteiger partial charge in [-0.1, -0.05) is 12.5 Å². The summed E-state index contributed by atoms with van der Waals surface area (Å²) in [5.41, 5.74) is 2.47. The Kier molecular flexibility index (Phi) is 8.29. The zero-order chi connectivity index (χ0) is 22.7. The normalized spacial score (nSPS) is 17.9. The molecule has 9 heteroatoms. The molecule has 1 unspecified atom stereocenters. The summed E-state index contributed by atoms with van der Waals surface area (Å²) >= 11 is 0. The molecule has 0 saturated carbocycles. The molecular formula is C24H29F2N3O3S. The second-order valence-corrected chi connectivity index (χ2v) is 8.59. The molecule has 2 atom stereocenters. The van der Waals surface area contributed by atoms with Crippen LogP contribution in [-0.2, 0) is 22.4 Å². The van der Waals surface area contributed by atoms with Crippen LogP contribution in [0.5, 0.6) is 0 Å². The van der Waals surface area contributed by atoms with Crippen LogP contribution in [0.4, 0.5) is 14.6 Å². The van der Waals surface area contributed by atoms with Gasteiger partial charge >= 0.3 is 5.97 Å². The summed E-state index contributed by atoms with van der Waals surface area (Å²) in [5.74, 6) is -2.04. The molecule has 1 saturated heterocycles. The van der Waals surface area contributed by atoms with E-state index in [1.54, 1.807) is 0 Å². The second-order valence-electron chi connectivity index (χ2n) is 8.59. The summed E-state index contributed by atoms with van der Waals surface area (Å²) < 4.78 is 27.2. The number of nitrogens with one attached hydrogen (secondary N) is 1. The Hall–Kier alpha value is -2.68. The monoisotopic (exact) mass is 477 g/mol. The number of nitrogens with zero attached hydrogens (tertiary/aromatic N) is 2. The van der Waals surface area contributed by atoms with Gasteiger partial charge in [-0.2, -0.15) is 13.5 Å². The third-order valence-electron chi connectivity index (χ3n) is 6.25. The number of β-lactam (4-membered cyclic amide) rings is 1. The van der Waals surface area contributed by atoms with Gasteiger partial charge in [-0.15, -0.1) is 0 Å². The summed E-state index contributed by atoms with van der Waals surface area (Å²) in [7, 11) is 0. The first-order valence-corrected chi connectivity index (χ1v) is 11.1. The van der Waals surface area contributed by atoms with Crippen molar-refractivity contribution >= 4 is 31.2 Å². The molecule has 0 bridgehead atoms. The Morgan fingerprint density at radius 2 is 1.97 bits per heavy atom. The molecule has 6 nitrogen and oxygen atoms in total. The molecule has 0 radical (unpaired) electrons. The van der Waals surface area contributed by atoms with Crippen molar-refractivity contribution in [2.75, 3.05) is 18.4 Å². The third kappa shape index (κ3) is 6.01. The van der Waals surface area contributed by atoms with E-state index in [4.69, 9.17) is 0 Å². The lowest BCUT2D eigenvalue weighted by Crippen LogP contribution is -2.54. The molecule has 2 N–H and O–H groups in total. The fraction of sp³-hybridized carbons (Fsp3) is 0.458. The van der Waals surface area contributed by atoms with Crippen molar-refractivity contribution in [3.05, 3.63) is 58.8 Å². The van der Waals surface area contributed by atoms with Crippen LogP contribution < -0.4 is 5.32 Å². The van der Waals surface area contributed by atoms with Gasteiger partial charge in [-0.25, -0.2) is 13.8 Å². The lowest BCUT2D eigenvalue weighted by atomic mass is 9.88. The third-order valence-corrected chi connectivity index (χ3v) is 6.25. The number of carbonyl (C=O) groups is 2. The van der Waals surface area contributed by atoms with E-state index in [0.717, 1.165) is 68.4 Å². The summed E-state index contributed by atoms with van der Waals surface area (Å²) in [6.45, 7) is 1.35. The Balaban J connectivity index is 0.00000306. The first-order chi connectivity index (χ1) is 15.4. The molecule has 2 aromatic rings. The van der Waals surface area contributed by atoms with Gasteiger partial charge in [0.15, 0.2) is 0 Å². The topological polar surface area (TPSA) is 82.5 Å². The molecule has 2 aliphatic heterocycles. The van der Waals surface area contributed by atoms with Gasteiger partial charge in [0, 0.05) is 24.8 Å². The van der Waals surface area contributed by atoms with Crippen LogP contribution in [-0.4, -0.2) is 40.0 Å². The first kappa shape index (κ1) is 25.0. The number of pyridine rings is 1. The van der Waals surface area contributed by atoms with Gasteiger partial charge in [0.05, 0.1) is 18.4 Å². The number of benzene rings is 1. The lowest BCUT2D eigenvalue weighted by molar-refractivity contribution is -0.154. The zero-order valence-corrected chi connectivity index (χ0v) is 19.3. The van der Waals surface area contributed by atoms with Crippen LogP contribution in [0.15, 0.2) is 30.3 Å². The quantitative estimate of drug-likeness (QED) is 0.418. The van der Waals surface area contributed by atoms with E-state index < -0.39 is 23.6 Å². The average molecular weight is 478 g/mol. The highest BCUT2D eigenvalue weighted by atomic mass is 32.1. The highest BCUT2D eigenvalue weighted by molar-refractivity contribution is 7.59. The minimum atomic E-state index is -1.12. The highest BCUT2D eigenvalue weighted by Crippen LogP contribution is 2.35. The number of carboxylic acid groups (broad SMARTS) is 1. The highest BCUT2D eigenvalue weighted by Gasteiger charge is 2.41. The largest absolute Gasteiger partial charge is 0.481 e. The molecule has 0 spiro atoms. The first-order valence-electron chi connectivity index (χ1n) is 11.1. The van der Waals surface area contributed by atoms with Gasteiger partial charge in [-0.05, 0) is 61.4 Å². The van der Waals surface area contributed by atoms with E-state index in [1.807, 2.05) is 0 Å². The molecular weight excluding hydrogens is 448 g/mol. The molecule has 1 fully saturated rings. The van der Waals surface area contributed by atoms with Gasteiger partial charge in [0.1, 0.15) is 17.5 Å². The van der Waals surface area contributed by atoms with Crippen molar-refractivity contribution in [3.63, 3.8) is 0 Å². The minimum Gasteiger partial charge on any atom is -0.481 e. The number of anilines is 1. The van der Waals surface area contributed by atoms with Gasteiger partial charge in [0.2, 0.25) is 5.91 Å². The van der Waals surface area contributed by atoms with E-state index >= 15 is 0 Å². The number of aliphatic carboxylic acids is 1. The number of amides is 1. The van der Waals surface area contributed by atoms with Crippen LogP contribution >= 0.6 is 13.5 Å². The Labute approximate surface area is 198 Å². The molecule has 2 aliphatic rings. The predicted molar refractivity (Wildman–Crippen MR) is 126 cm³/mol. The van der Waals surface area contributed by atoms with Crippen molar-refractivity contribution in [1.29, 1.82) is 0 Å². The number of halogens is 2. The number of unbranched alkanes of at least 4 members (excludes halogenated alkanes) is 1. The number of likely N-dealkylation sites (tertiary alicyclic amines) is 1. The fourth-order valence-corrected chi connectivity index (χ4v) is 4.57. The van der Waals surface area contributed by atoms with Gasteiger partial charge in [-0.3, -0.25) is 9.59 Å². The van der Waals surface area contributed by atoms with Gasteiger partial charge in [0.25, 0.3) is 0 Å². The number of fused-ring (bicyclic) bond motifs is 1. The molecule has 33 heavy (non-hydrogen) atoms. The van der Waals surface area contributed by atoms with Crippen molar-refractivity contribution in [2.45, 2.75) is 51.0 Å². The molecule has 4 rings (SSSR count). The Morgan fingerprint density at radius 1 is 1.21 bits per heavy atom. The van der Waals surface area contributed by atoms with Crippen molar-refractivity contribution in [1.82, 2.24) is 9.88 Å². The standard InChI is InChI=1S/C24H27F2N3O3.H2S/c25-18-10-17(11-19(26)12-18)21(13-22(30)31)29-14-16(24(29)32)4-1-2-6-20-8-7-15-5-3-9-27-23(15)28-20;/h7-8,10-12,16,21H,1-6,9,13-14H2,(H,27,28)(H,30,31);1H2/t16?,21-;/m0./s1. The smallest absolute Gasteiger partial charge is 0.305 e. The number of hydrogen-bond donors (Lipinski definition) is 2.